The van der Waals surface area contributed by atoms with Crippen LogP contribution in [0.1, 0.15) is 6.42 Å². The third-order valence-corrected chi connectivity index (χ3v) is 3.10. The number of carbonyl (C=O) groups is 1. The molecule has 2 fully saturated rings. The SMILES string of the molecule is O=CC1CC2(C3OCCO3)C=CC1O2. The molecular weight excluding hydrogens is 184 g/mol. The van der Waals surface area contributed by atoms with E-state index in [1.165, 1.54) is 0 Å². The van der Waals surface area contributed by atoms with Crippen LogP contribution in [-0.2, 0) is 19.0 Å². The monoisotopic (exact) mass is 196 g/mol. The van der Waals surface area contributed by atoms with Gasteiger partial charge in [0.1, 0.15) is 11.9 Å². The van der Waals surface area contributed by atoms with Gasteiger partial charge in [-0.2, -0.15) is 0 Å². The topological polar surface area (TPSA) is 44.8 Å². The second-order valence-corrected chi connectivity index (χ2v) is 3.97. The van der Waals surface area contributed by atoms with Gasteiger partial charge in [-0.25, -0.2) is 0 Å². The Morgan fingerprint density at radius 3 is 2.79 bits per heavy atom. The van der Waals surface area contributed by atoms with E-state index in [1.807, 2.05) is 12.2 Å². The predicted molar refractivity (Wildman–Crippen MR) is 46.6 cm³/mol. The van der Waals surface area contributed by atoms with Gasteiger partial charge >= 0.3 is 0 Å². The number of hydrogen-bond donors (Lipinski definition) is 0. The summed E-state index contributed by atoms with van der Waals surface area (Å²) >= 11 is 0. The van der Waals surface area contributed by atoms with Crippen LogP contribution in [0.5, 0.6) is 0 Å². The number of carbonyl (C=O) groups excluding carboxylic acids is 1. The molecule has 76 valence electrons. The lowest BCUT2D eigenvalue weighted by Crippen LogP contribution is -2.39. The summed E-state index contributed by atoms with van der Waals surface area (Å²) in [6, 6.07) is 0. The molecule has 14 heavy (non-hydrogen) atoms. The number of aldehydes is 1. The standard InChI is InChI=1S/C10H12O4/c11-6-7-5-10(2-1-8(7)14-10)9-12-3-4-13-9/h1-2,6-9H,3-5H2. The van der Waals surface area contributed by atoms with Crippen LogP contribution in [0.2, 0.25) is 0 Å². The van der Waals surface area contributed by atoms with E-state index in [-0.39, 0.29) is 18.3 Å². The molecule has 0 radical (unpaired) electrons. The van der Waals surface area contributed by atoms with Crippen LogP contribution in [0.25, 0.3) is 0 Å². The van der Waals surface area contributed by atoms with Crippen molar-refractivity contribution in [1.82, 2.24) is 0 Å². The van der Waals surface area contributed by atoms with Crippen LogP contribution in [0, 0.1) is 5.92 Å². The number of rotatable bonds is 2. The molecule has 0 aliphatic carbocycles. The smallest absolute Gasteiger partial charge is 0.190 e. The quantitative estimate of drug-likeness (QED) is 0.470. The molecule has 0 N–H and O–H groups in total. The van der Waals surface area contributed by atoms with Crippen molar-refractivity contribution in [3.8, 4) is 0 Å². The molecule has 3 heterocycles. The van der Waals surface area contributed by atoms with Gasteiger partial charge in [0, 0.05) is 5.92 Å². The largest absolute Gasteiger partial charge is 0.358 e. The van der Waals surface area contributed by atoms with E-state index >= 15 is 0 Å². The molecule has 3 unspecified atom stereocenters. The van der Waals surface area contributed by atoms with E-state index in [0.29, 0.717) is 19.6 Å². The molecule has 0 aromatic heterocycles. The van der Waals surface area contributed by atoms with Gasteiger partial charge in [-0.05, 0) is 12.5 Å². The first-order chi connectivity index (χ1) is 6.84. The van der Waals surface area contributed by atoms with Crippen molar-refractivity contribution < 1.29 is 19.0 Å². The fourth-order valence-electron chi connectivity index (χ4n) is 2.42. The van der Waals surface area contributed by atoms with Gasteiger partial charge in [-0.3, -0.25) is 0 Å². The van der Waals surface area contributed by atoms with E-state index in [2.05, 4.69) is 0 Å². The summed E-state index contributed by atoms with van der Waals surface area (Å²) in [4.78, 5) is 10.8. The fourth-order valence-corrected chi connectivity index (χ4v) is 2.42. The Kier molecular flexibility index (Phi) is 1.77. The summed E-state index contributed by atoms with van der Waals surface area (Å²) < 4.78 is 16.6. The lowest BCUT2D eigenvalue weighted by atomic mass is 9.87. The summed E-state index contributed by atoms with van der Waals surface area (Å²) in [5, 5.41) is 0. The first kappa shape index (κ1) is 8.59. The zero-order chi connectivity index (χ0) is 9.60. The molecule has 3 atom stereocenters. The second kappa shape index (κ2) is 2.89. The minimum absolute atomic E-state index is 0.0344. The highest BCUT2D eigenvalue weighted by molar-refractivity contribution is 5.58. The summed E-state index contributed by atoms with van der Waals surface area (Å²) in [5.74, 6) is -0.0344. The van der Waals surface area contributed by atoms with Crippen LogP contribution in [0.15, 0.2) is 12.2 Å². The average molecular weight is 196 g/mol. The Hall–Kier alpha value is -0.710. The molecule has 0 aromatic carbocycles. The van der Waals surface area contributed by atoms with Crippen molar-refractivity contribution in [2.45, 2.75) is 24.4 Å². The maximum Gasteiger partial charge on any atom is 0.190 e. The highest BCUT2D eigenvalue weighted by Gasteiger charge is 2.54. The first-order valence-corrected chi connectivity index (χ1v) is 4.90. The maximum absolute atomic E-state index is 10.8. The van der Waals surface area contributed by atoms with Crippen LogP contribution in [-0.4, -0.2) is 37.5 Å². The van der Waals surface area contributed by atoms with Crippen molar-refractivity contribution >= 4 is 6.29 Å². The van der Waals surface area contributed by atoms with Gasteiger partial charge in [-0.15, -0.1) is 0 Å². The Morgan fingerprint density at radius 1 is 1.36 bits per heavy atom. The average Bonchev–Trinajstić information content (AvgIpc) is 2.92. The third kappa shape index (κ3) is 1.02. The van der Waals surface area contributed by atoms with Gasteiger partial charge in [0.25, 0.3) is 0 Å². The minimum Gasteiger partial charge on any atom is -0.358 e. The molecule has 2 saturated heterocycles. The molecule has 0 spiro atoms. The molecule has 4 nitrogen and oxygen atoms in total. The molecule has 3 aliphatic rings. The molecule has 3 rings (SSSR count). The van der Waals surface area contributed by atoms with Gasteiger partial charge in [-0.1, -0.05) is 6.08 Å². The molecule has 3 aliphatic heterocycles. The molecule has 2 bridgehead atoms. The van der Waals surface area contributed by atoms with Crippen LogP contribution < -0.4 is 0 Å². The van der Waals surface area contributed by atoms with Gasteiger partial charge in [0.2, 0.25) is 0 Å². The van der Waals surface area contributed by atoms with Crippen molar-refractivity contribution in [1.29, 1.82) is 0 Å². The van der Waals surface area contributed by atoms with Crippen LogP contribution >= 0.6 is 0 Å². The predicted octanol–water partition coefficient (Wildman–Crippen LogP) is 0.272. The van der Waals surface area contributed by atoms with Gasteiger partial charge < -0.3 is 19.0 Å². The maximum atomic E-state index is 10.8. The van der Waals surface area contributed by atoms with Crippen LogP contribution in [0.4, 0.5) is 0 Å². The van der Waals surface area contributed by atoms with E-state index in [9.17, 15) is 4.79 Å². The Labute approximate surface area is 81.8 Å². The summed E-state index contributed by atoms with van der Waals surface area (Å²) in [6.07, 6.45) is 5.17. The van der Waals surface area contributed by atoms with E-state index < -0.39 is 5.60 Å². The lowest BCUT2D eigenvalue weighted by Gasteiger charge is -2.27. The van der Waals surface area contributed by atoms with Crippen molar-refractivity contribution in [2.24, 2.45) is 5.92 Å². The van der Waals surface area contributed by atoms with Gasteiger partial charge in [0.05, 0.1) is 19.3 Å². The number of ether oxygens (including phenoxy) is 3. The van der Waals surface area contributed by atoms with E-state index in [1.54, 1.807) is 0 Å². The summed E-state index contributed by atoms with van der Waals surface area (Å²) in [7, 11) is 0. The van der Waals surface area contributed by atoms with Crippen molar-refractivity contribution in [3.63, 3.8) is 0 Å². The fraction of sp³-hybridized carbons (Fsp3) is 0.700. The Balaban J connectivity index is 1.85. The molecule has 0 aromatic rings. The van der Waals surface area contributed by atoms with Crippen LogP contribution in [0.3, 0.4) is 0 Å². The number of fused-ring (bicyclic) bond motifs is 2. The first-order valence-electron chi connectivity index (χ1n) is 4.90. The lowest BCUT2D eigenvalue weighted by molar-refractivity contribution is -0.164. The normalized spacial score (nSPS) is 46.3. The third-order valence-electron chi connectivity index (χ3n) is 3.10. The number of hydrogen-bond acceptors (Lipinski definition) is 4. The molecular formula is C10H12O4. The van der Waals surface area contributed by atoms with Crippen molar-refractivity contribution in [2.75, 3.05) is 13.2 Å². The highest BCUT2D eigenvalue weighted by atomic mass is 16.7. The summed E-state index contributed by atoms with van der Waals surface area (Å²) in [6.45, 7) is 1.22. The zero-order valence-electron chi connectivity index (χ0n) is 7.72. The zero-order valence-corrected chi connectivity index (χ0v) is 7.72. The molecule has 0 saturated carbocycles. The summed E-state index contributed by atoms with van der Waals surface area (Å²) in [5.41, 5.74) is -0.493. The molecule has 4 heteroatoms. The molecule has 0 amide bonds. The minimum atomic E-state index is -0.493. The van der Waals surface area contributed by atoms with Gasteiger partial charge in [0.15, 0.2) is 6.29 Å². The van der Waals surface area contributed by atoms with E-state index in [4.69, 9.17) is 14.2 Å². The second-order valence-electron chi connectivity index (χ2n) is 3.97. The Bertz CT molecular complexity index is 282. The Morgan fingerprint density at radius 2 is 2.14 bits per heavy atom. The van der Waals surface area contributed by atoms with Crippen molar-refractivity contribution in [3.05, 3.63) is 12.2 Å². The highest BCUT2D eigenvalue weighted by Crippen LogP contribution is 2.45. The van der Waals surface area contributed by atoms with E-state index in [0.717, 1.165) is 6.29 Å².